The Hall–Kier alpha value is -1.43. The van der Waals surface area contributed by atoms with Crippen molar-refractivity contribution in [2.24, 2.45) is 5.84 Å². The molecule has 0 saturated heterocycles. The summed E-state index contributed by atoms with van der Waals surface area (Å²) in [5.74, 6) is 5.91. The van der Waals surface area contributed by atoms with Gasteiger partial charge in [-0.25, -0.2) is 9.82 Å². The minimum Gasteiger partial charge on any atom is -0.496 e. The molecule has 0 heterocycles. The summed E-state index contributed by atoms with van der Waals surface area (Å²) in [6.45, 7) is 0. The first-order valence-electron chi connectivity index (χ1n) is 5.71. The molecule has 0 aliphatic heterocycles. The van der Waals surface area contributed by atoms with Crippen molar-refractivity contribution in [2.75, 3.05) is 7.11 Å². The molecule has 5 heteroatoms. The number of methoxy groups -OCH3 is 1. The molecule has 0 spiro atoms. The van der Waals surface area contributed by atoms with E-state index >= 15 is 0 Å². The average Bonchev–Trinajstić information content (AvgIpc) is 2.43. The number of hydrazine groups is 1. The molecule has 1 atom stereocenters. The van der Waals surface area contributed by atoms with Crippen LogP contribution in [0, 0.1) is 5.82 Å². The molecule has 0 aliphatic rings. The highest BCUT2D eigenvalue weighted by Crippen LogP contribution is 2.32. The quantitative estimate of drug-likeness (QED) is 0.671. The van der Waals surface area contributed by atoms with Gasteiger partial charge in [-0.3, -0.25) is 5.84 Å². The third-order valence-electron chi connectivity index (χ3n) is 2.89. The van der Waals surface area contributed by atoms with Gasteiger partial charge in [0.2, 0.25) is 0 Å². The second-order valence-electron chi connectivity index (χ2n) is 4.01. The summed E-state index contributed by atoms with van der Waals surface area (Å²) in [5.41, 5.74) is 3.89. The zero-order valence-electron chi connectivity index (χ0n) is 10.4. The zero-order chi connectivity index (χ0) is 13.8. The van der Waals surface area contributed by atoms with Gasteiger partial charge < -0.3 is 4.74 Å². The number of nitrogens with two attached hydrogens (primary N) is 1. The van der Waals surface area contributed by atoms with Crippen LogP contribution in [0.3, 0.4) is 0 Å². The van der Waals surface area contributed by atoms with E-state index in [4.69, 9.17) is 10.6 Å². The number of nitrogens with one attached hydrogen (secondary N) is 1. The fourth-order valence-electron chi connectivity index (χ4n) is 1.98. The number of halogens is 2. The summed E-state index contributed by atoms with van der Waals surface area (Å²) in [4.78, 5) is 0. The van der Waals surface area contributed by atoms with Gasteiger partial charge in [0, 0.05) is 15.6 Å². The summed E-state index contributed by atoms with van der Waals surface area (Å²) in [5, 5.41) is 0. The Morgan fingerprint density at radius 3 is 2.58 bits per heavy atom. The Morgan fingerprint density at radius 2 is 1.95 bits per heavy atom. The van der Waals surface area contributed by atoms with E-state index in [1.165, 1.54) is 6.07 Å². The first-order chi connectivity index (χ1) is 9.17. The van der Waals surface area contributed by atoms with Crippen molar-refractivity contribution >= 4 is 15.9 Å². The number of hydrogen-bond acceptors (Lipinski definition) is 3. The van der Waals surface area contributed by atoms with Gasteiger partial charge >= 0.3 is 0 Å². The van der Waals surface area contributed by atoms with Gasteiger partial charge in [0.15, 0.2) is 0 Å². The fraction of sp³-hybridized carbons (Fsp3) is 0.143. The monoisotopic (exact) mass is 324 g/mol. The van der Waals surface area contributed by atoms with Crippen LogP contribution in [0.25, 0.3) is 0 Å². The Bertz CT molecular complexity index is 577. The maximum atomic E-state index is 13.9. The molecule has 2 aromatic rings. The fourth-order valence-corrected chi connectivity index (χ4v) is 2.32. The zero-order valence-corrected chi connectivity index (χ0v) is 11.9. The van der Waals surface area contributed by atoms with Crippen molar-refractivity contribution < 1.29 is 9.13 Å². The van der Waals surface area contributed by atoms with Crippen molar-refractivity contribution in [3.63, 3.8) is 0 Å². The Balaban J connectivity index is 2.51. The van der Waals surface area contributed by atoms with Crippen molar-refractivity contribution in [3.8, 4) is 5.75 Å². The van der Waals surface area contributed by atoms with Crippen molar-refractivity contribution in [3.05, 3.63) is 63.9 Å². The minimum atomic E-state index is -0.468. The molecule has 100 valence electrons. The van der Waals surface area contributed by atoms with Crippen LogP contribution in [0.15, 0.2) is 46.9 Å². The first kappa shape index (κ1) is 14.0. The van der Waals surface area contributed by atoms with E-state index in [1.807, 2.05) is 18.2 Å². The van der Waals surface area contributed by atoms with Gasteiger partial charge in [-0.15, -0.1) is 0 Å². The predicted molar refractivity (Wildman–Crippen MR) is 76.3 cm³/mol. The predicted octanol–water partition coefficient (Wildman–Crippen LogP) is 3.15. The molecule has 2 aromatic carbocycles. The first-order valence-corrected chi connectivity index (χ1v) is 6.50. The summed E-state index contributed by atoms with van der Waals surface area (Å²) >= 11 is 3.37. The maximum Gasteiger partial charge on any atom is 0.128 e. The summed E-state index contributed by atoms with van der Waals surface area (Å²) in [6.07, 6.45) is 0. The van der Waals surface area contributed by atoms with Crippen molar-refractivity contribution in [1.29, 1.82) is 0 Å². The van der Waals surface area contributed by atoms with Gasteiger partial charge in [-0.1, -0.05) is 40.2 Å². The molecule has 0 saturated carbocycles. The minimum absolute atomic E-state index is 0.310. The van der Waals surface area contributed by atoms with Crippen LogP contribution in [0.1, 0.15) is 17.2 Å². The molecular formula is C14H14BrFN2O. The van der Waals surface area contributed by atoms with Gasteiger partial charge in [-0.2, -0.15) is 0 Å². The molecule has 2 rings (SSSR count). The van der Waals surface area contributed by atoms with Crippen LogP contribution in [0.2, 0.25) is 0 Å². The lowest BCUT2D eigenvalue weighted by Gasteiger charge is -2.20. The van der Waals surface area contributed by atoms with Crippen LogP contribution in [-0.2, 0) is 0 Å². The largest absolute Gasteiger partial charge is 0.496 e. The standard InChI is InChI=1S/C14H14BrFN2O/c1-19-13-8-9(15)6-7-11(13)14(18-17)10-4-2-3-5-12(10)16/h2-8,14,18H,17H2,1H3. The lowest BCUT2D eigenvalue weighted by molar-refractivity contribution is 0.403. The molecule has 0 aliphatic carbocycles. The molecular weight excluding hydrogens is 311 g/mol. The average molecular weight is 325 g/mol. The third-order valence-corrected chi connectivity index (χ3v) is 3.38. The van der Waals surface area contributed by atoms with Gasteiger partial charge in [0.1, 0.15) is 11.6 Å². The van der Waals surface area contributed by atoms with Crippen LogP contribution in [0.4, 0.5) is 4.39 Å². The summed E-state index contributed by atoms with van der Waals surface area (Å²) in [6, 6.07) is 11.6. The second kappa shape index (κ2) is 6.14. The van der Waals surface area contributed by atoms with Crippen LogP contribution >= 0.6 is 15.9 Å². The molecule has 0 fully saturated rings. The van der Waals surface area contributed by atoms with Crippen LogP contribution in [0.5, 0.6) is 5.75 Å². The molecule has 0 bridgehead atoms. The number of ether oxygens (including phenoxy) is 1. The normalized spacial score (nSPS) is 12.2. The molecule has 3 nitrogen and oxygen atoms in total. The third kappa shape index (κ3) is 2.94. The highest BCUT2D eigenvalue weighted by molar-refractivity contribution is 9.10. The number of hydrogen-bond donors (Lipinski definition) is 2. The van der Waals surface area contributed by atoms with Crippen LogP contribution in [-0.4, -0.2) is 7.11 Å². The highest BCUT2D eigenvalue weighted by Gasteiger charge is 2.19. The van der Waals surface area contributed by atoms with E-state index < -0.39 is 6.04 Å². The van der Waals surface area contributed by atoms with E-state index in [0.29, 0.717) is 11.3 Å². The lowest BCUT2D eigenvalue weighted by atomic mass is 9.98. The highest BCUT2D eigenvalue weighted by atomic mass is 79.9. The van der Waals surface area contributed by atoms with Gasteiger partial charge in [0.05, 0.1) is 13.2 Å². The number of benzene rings is 2. The Kier molecular flexibility index (Phi) is 4.52. The van der Waals surface area contributed by atoms with Gasteiger partial charge in [-0.05, 0) is 18.2 Å². The Morgan fingerprint density at radius 1 is 1.21 bits per heavy atom. The molecule has 0 radical (unpaired) electrons. The second-order valence-corrected chi connectivity index (χ2v) is 4.92. The van der Waals surface area contributed by atoms with Crippen molar-refractivity contribution in [1.82, 2.24) is 5.43 Å². The van der Waals surface area contributed by atoms with E-state index in [2.05, 4.69) is 21.4 Å². The smallest absolute Gasteiger partial charge is 0.128 e. The van der Waals surface area contributed by atoms with Crippen molar-refractivity contribution in [2.45, 2.75) is 6.04 Å². The Labute approximate surface area is 119 Å². The summed E-state index contributed by atoms with van der Waals surface area (Å²) in [7, 11) is 1.57. The topological polar surface area (TPSA) is 47.3 Å². The summed E-state index contributed by atoms with van der Waals surface area (Å²) < 4.78 is 20.1. The lowest BCUT2D eigenvalue weighted by Crippen LogP contribution is -2.29. The van der Waals surface area contributed by atoms with E-state index in [9.17, 15) is 4.39 Å². The molecule has 0 aromatic heterocycles. The molecule has 0 amide bonds. The molecule has 19 heavy (non-hydrogen) atoms. The number of rotatable bonds is 4. The van der Waals surface area contributed by atoms with E-state index in [1.54, 1.807) is 25.3 Å². The van der Waals surface area contributed by atoms with Crippen LogP contribution < -0.4 is 16.0 Å². The van der Waals surface area contributed by atoms with E-state index in [0.717, 1.165) is 10.0 Å². The van der Waals surface area contributed by atoms with E-state index in [-0.39, 0.29) is 5.82 Å². The molecule has 3 N–H and O–H groups in total. The molecule has 1 unspecified atom stereocenters. The van der Waals surface area contributed by atoms with Gasteiger partial charge in [0.25, 0.3) is 0 Å². The maximum absolute atomic E-state index is 13.9. The SMILES string of the molecule is COc1cc(Br)ccc1C(NN)c1ccccc1F.